The molecule has 5 nitrogen and oxygen atoms in total. The highest BCUT2D eigenvalue weighted by atomic mass is 79.9. The number of hydrogen-bond donors (Lipinski definition) is 2. The number of nitrogens with zero attached hydrogens (tertiary/aromatic N) is 1. The molecular weight excluding hydrogens is 310 g/mol. The van der Waals surface area contributed by atoms with Crippen LogP contribution in [0.25, 0.3) is 0 Å². The summed E-state index contributed by atoms with van der Waals surface area (Å²) in [7, 11) is 1.88. The maximum atomic E-state index is 12.1. The Kier molecular flexibility index (Phi) is 4.42. The molecule has 0 fully saturated rings. The minimum Gasteiger partial charge on any atom is -0.476 e. The van der Waals surface area contributed by atoms with Crippen molar-refractivity contribution in [3.63, 3.8) is 0 Å². The number of nitrogens with one attached hydrogen (secondary N) is 2. The van der Waals surface area contributed by atoms with Gasteiger partial charge in [-0.2, -0.15) is 0 Å². The summed E-state index contributed by atoms with van der Waals surface area (Å²) >= 11 is 3.35. The average molecular weight is 328 g/mol. The molecule has 0 radical (unpaired) electrons. The third-order valence-electron chi connectivity index (χ3n) is 3.26. The minimum atomic E-state index is -0.490. The summed E-state index contributed by atoms with van der Waals surface area (Å²) in [5.41, 5.74) is 0. The van der Waals surface area contributed by atoms with Crippen LogP contribution < -0.4 is 15.4 Å². The lowest BCUT2D eigenvalue weighted by Gasteiger charge is -2.33. The van der Waals surface area contributed by atoms with Gasteiger partial charge in [-0.1, -0.05) is 13.8 Å². The van der Waals surface area contributed by atoms with E-state index in [-0.39, 0.29) is 11.8 Å². The van der Waals surface area contributed by atoms with E-state index < -0.39 is 6.10 Å². The SMILES string of the molecule is CNCC(C(C)C)C1Oc2cc(Br)cnc2NC1=O. The largest absolute Gasteiger partial charge is 0.476 e. The van der Waals surface area contributed by atoms with E-state index in [1.807, 2.05) is 13.1 Å². The molecule has 2 N–H and O–H groups in total. The Morgan fingerprint density at radius 2 is 2.32 bits per heavy atom. The van der Waals surface area contributed by atoms with Crippen LogP contribution in [0.1, 0.15) is 13.8 Å². The van der Waals surface area contributed by atoms with Crippen molar-refractivity contribution in [1.29, 1.82) is 0 Å². The van der Waals surface area contributed by atoms with Crippen molar-refractivity contribution in [2.75, 3.05) is 18.9 Å². The summed E-state index contributed by atoms with van der Waals surface area (Å²) in [4.78, 5) is 16.3. The summed E-state index contributed by atoms with van der Waals surface area (Å²) in [6.07, 6.45) is 1.15. The smallest absolute Gasteiger partial charge is 0.267 e. The highest BCUT2D eigenvalue weighted by Crippen LogP contribution is 2.33. The van der Waals surface area contributed by atoms with Crippen molar-refractivity contribution < 1.29 is 9.53 Å². The van der Waals surface area contributed by atoms with Gasteiger partial charge in [0.25, 0.3) is 5.91 Å². The van der Waals surface area contributed by atoms with E-state index in [1.54, 1.807) is 6.20 Å². The zero-order valence-corrected chi connectivity index (χ0v) is 12.8. The van der Waals surface area contributed by atoms with Crippen LogP contribution in [0.5, 0.6) is 5.75 Å². The molecular formula is C13H18BrN3O2. The molecule has 0 bridgehead atoms. The molecule has 2 heterocycles. The first-order chi connectivity index (χ1) is 9.02. The van der Waals surface area contributed by atoms with E-state index in [0.29, 0.717) is 17.5 Å². The third kappa shape index (κ3) is 3.06. The molecule has 2 rings (SSSR count). The molecule has 6 heteroatoms. The summed E-state index contributed by atoms with van der Waals surface area (Å²) in [6.45, 7) is 4.91. The van der Waals surface area contributed by atoms with Gasteiger partial charge >= 0.3 is 0 Å². The number of amides is 1. The number of anilines is 1. The standard InChI is InChI=1S/C13H18BrN3O2/c1-7(2)9(6-15-3)11-13(18)17-12-10(19-11)4-8(14)5-16-12/h4-5,7,9,11,15H,6H2,1-3H3,(H,16,17,18). The Morgan fingerprint density at radius 1 is 1.58 bits per heavy atom. The number of pyridine rings is 1. The lowest BCUT2D eigenvalue weighted by Crippen LogP contribution is -2.47. The van der Waals surface area contributed by atoms with Gasteiger partial charge in [0.05, 0.1) is 0 Å². The molecule has 1 amide bonds. The fourth-order valence-corrected chi connectivity index (χ4v) is 2.50. The van der Waals surface area contributed by atoms with Gasteiger partial charge in [-0.05, 0) is 35.0 Å². The molecule has 1 aliphatic heterocycles. The fraction of sp³-hybridized carbons (Fsp3) is 0.538. The van der Waals surface area contributed by atoms with E-state index in [2.05, 4.69) is 45.4 Å². The van der Waals surface area contributed by atoms with Gasteiger partial charge in [0.1, 0.15) is 0 Å². The van der Waals surface area contributed by atoms with Gasteiger partial charge in [-0.25, -0.2) is 4.98 Å². The lowest BCUT2D eigenvalue weighted by molar-refractivity contribution is -0.126. The normalized spacial score (nSPS) is 19.6. The summed E-state index contributed by atoms with van der Waals surface area (Å²) in [5.74, 6) is 1.41. The number of carbonyl (C=O) groups excluding carboxylic acids is 1. The number of halogens is 1. The van der Waals surface area contributed by atoms with Crippen molar-refractivity contribution in [2.24, 2.45) is 11.8 Å². The van der Waals surface area contributed by atoms with Gasteiger partial charge in [0.15, 0.2) is 17.7 Å². The predicted octanol–water partition coefficient (Wildman–Crippen LogP) is 2.04. The van der Waals surface area contributed by atoms with Gasteiger partial charge in [-0.15, -0.1) is 0 Å². The summed E-state index contributed by atoms with van der Waals surface area (Å²) in [6, 6.07) is 1.82. The summed E-state index contributed by atoms with van der Waals surface area (Å²) in [5, 5.41) is 5.92. The Morgan fingerprint density at radius 3 is 2.95 bits per heavy atom. The van der Waals surface area contributed by atoms with Crippen LogP contribution in [0.15, 0.2) is 16.7 Å². The highest BCUT2D eigenvalue weighted by molar-refractivity contribution is 9.10. The zero-order chi connectivity index (χ0) is 14.0. The molecule has 0 saturated carbocycles. The van der Waals surface area contributed by atoms with Gasteiger partial charge in [-0.3, -0.25) is 4.79 Å². The van der Waals surface area contributed by atoms with Crippen LogP contribution in [-0.4, -0.2) is 30.6 Å². The van der Waals surface area contributed by atoms with Crippen LogP contribution in [0.4, 0.5) is 5.82 Å². The second kappa shape index (κ2) is 5.88. The first-order valence-corrected chi connectivity index (χ1v) is 7.10. The first kappa shape index (κ1) is 14.3. The third-order valence-corrected chi connectivity index (χ3v) is 3.69. The molecule has 0 saturated heterocycles. The van der Waals surface area contributed by atoms with Crippen LogP contribution in [0, 0.1) is 11.8 Å². The lowest BCUT2D eigenvalue weighted by atomic mass is 9.89. The van der Waals surface area contributed by atoms with Gasteiger partial charge in [0.2, 0.25) is 0 Å². The average Bonchev–Trinajstić information content (AvgIpc) is 2.35. The number of aromatic nitrogens is 1. The number of carbonyl (C=O) groups is 1. The molecule has 19 heavy (non-hydrogen) atoms. The number of ether oxygens (including phenoxy) is 1. The predicted molar refractivity (Wildman–Crippen MR) is 77.2 cm³/mol. The zero-order valence-electron chi connectivity index (χ0n) is 11.2. The van der Waals surface area contributed by atoms with Crippen molar-refractivity contribution in [3.8, 4) is 5.75 Å². The van der Waals surface area contributed by atoms with Crippen molar-refractivity contribution >= 4 is 27.7 Å². The van der Waals surface area contributed by atoms with E-state index in [9.17, 15) is 4.79 Å². The fourth-order valence-electron chi connectivity index (χ4n) is 2.19. The van der Waals surface area contributed by atoms with Crippen LogP contribution in [-0.2, 0) is 4.79 Å². The molecule has 2 unspecified atom stereocenters. The maximum Gasteiger partial charge on any atom is 0.267 e. The molecule has 0 spiro atoms. The Balaban J connectivity index is 2.26. The van der Waals surface area contributed by atoms with E-state index >= 15 is 0 Å². The quantitative estimate of drug-likeness (QED) is 0.888. The van der Waals surface area contributed by atoms with Crippen molar-refractivity contribution in [1.82, 2.24) is 10.3 Å². The monoisotopic (exact) mass is 327 g/mol. The van der Waals surface area contributed by atoms with E-state index in [4.69, 9.17) is 4.74 Å². The first-order valence-electron chi connectivity index (χ1n) is 6.30. The summed E-state index contributed by atoms with van der Waals surface area (Å²) < 4.78 is 6.69. The van der Waals surface area contributed by atoms with E-state index in [0.717, 1.165) is 11.0 Å². The van der Waals surface area contributed by atoms with Crippen LogP contribution >= 0.6 is 15.9 Å². The van der Waals surface area contributed by atoms with Gasteiger partial charge in [0, 0.05) is 23.1 Å². The number of rotatable bonds is 4. The Labute approximate surface area is 121 Å². The second-order valence-electron chi connectivity index (χ2n) is 4.99. The van der Waals surface area contributed by atoms with Crippen LogP contribution in [0.3, 0.4) is 0 Å². The second-order valence-corrected chi connectivity index (χ2v) is 5.91. The molecule has 0 aromatic carbocycles. The number of fused-ring (bicyclic) bond motifs is 1. The number of hydrogen-bond acceptors (Lipinski definition) is 4. The molecule has 0 aliphatic carbocycles. The Bertz CT molecular complexity index is 479. The molecule has 2 atom stereocenters. The molecule has 104 valence electrons. The molecule has 1 aromatic rings. The molecule has 1 aromatic heterocycles. The Hall–Kier alpha value is -1.14. The topological polar surface area (TPSA) is 63.2 Å². The minimum absolute atomic E-state index is 0.108. The van der Waals surface area contributed by atoms with Gasteiger partial charge < -0.3 is 15.4 Å². The maximum absolute atomic E-state index is 12.1. The van der Waals surface area contributed by atoms with Crippen LogP contribution in [0.2, 0.25) is 0 Å². The van der Waals surface area contributed by atoms with E-state index in [1.165, 1.54) is 0 Å². The molecule has 1 aliphatic rings. The van der Waals surface area contributed by atoms with Crippen molar-refractivity contribution in [3.05, 3.63) is 16.7 Å². The highest BCUT2D eigenvalue weighted by Gasteiger charge is 2.36. The van der Waals surface area contributed by atoms with Crippen molar-refractivity contribution in [2.45, 2.75) is 20.0 Å².